The van der Waals surface area contributed by atoms with Crippen LogP contribution in [0.5, 0.6) is 0 Å². The Morgan fingerprint density at radius 2 is 1.84 bits per heavy atom. The zero-order valence-corrected chi connectivity index (χ0v) is 16.5. The van der Waals surface area contributed by atoms with E-state index in [1.807, 2.05) is 0 Å². The molecular formula is C17H27ClN2O4S. The highest BCUT2D eigenvalue weighted by Crippen LogP contribution is 2.23. The molecule has 1 amide bonds. The molecule has 1 heterocycles. The minimum Gasteiger partial charge on any atom is -0.364 e. The maximum Gasteiger partial charge on any atom is 0.253 e. The fourth-order valence-electron chi connectivity index (χ4n) is 2.41. The predicted molar refractivity (Wildman–Crippen MR) is 102 cm³/mol. The molecule has 6 nitrogen and oxygen atoms in total. The summed E-state index contributed by atoms with van der Waals surface area (Å²) in [6.07, 6.45) is 0.929. The number of rotatable bonds is 5. The number of anilines is 1. The van der Waals surface area contributed by atoms with Gasteiger partial charge in [0, 0.05) is 12.2 Å². The monoisotopic (exact) mass is 390 g/mol. The van der Waals surface area contributed by atoms with Crippen LogP contribution in [0.15, 0.2) is 24.3 Å². The van der Waals surface area contributed by atoms with Crippen LogP contribution in [0.3, 0.4) is 0 Å². The summed E-state index contributed by atoms with van der Waals surface area (Å²) in [5.74, 6) is -0.213. The van der Waals surface area contributed by atoms with Gasteiger partial charge in [-0.25, -0.2) is 8.42 Å². The van der Waals surface area contributed by atoms with E-state index in [0.717, 1.165) is 6.42 Å². The third-order valence-corrected chi connectivity index (χ3v) is 6.75. The summed E-state index contributed by atoms with van der Waals surface area (Å²) in [6, 6.07) is 6.86. The smallest absolute Gasteiger partial charge is 0.253 e. The summed E-state index contributed by atoms with van der Waals surface area (Å²) in [5.41, 5.74) is 6.86. The first-order valence-corrected chi connectivity index (χ1v) is 9.75. The SMILES string of the molecule is CC(C)(C)S(=O)(=O)Cc1ccc(NC(=O)[C@@H]2CC[C@H](CN)O2)cc1.Cl. The van der Waals surface area contributed by atoms with E-state index in [4.69, 9.17) is 10.5 Å². The summed E-state index contributed by atoms with van der Waals surface area (Å²) in [5, 5.41) is 2.79. The van der Waals surface area contributed by atoms with Crippen molar-refractivity contribution in [2.45, 2.75) is 56.3 Å². The fraction of sp³-hybridized carbons (Fsp3) is 0.588. The average molecular weight is 391 g/mol. The molecule has 1 aliphatic rings. The minimum absolute atomic E-state index is 0. The predicted octanol–water partition coefficient (Wildman–Crippen LogP) is 2.27. The Kier molecular flexibility index (Phi) is 7.43. The summed E-state index contributed by atoms with van der Waals surface area (Å²) >= 11 is 0. The van der Waals surface area contributed by atoms with Crippen LogP contribution in [0.25, 0.3) is 0 Å². The largest absolute Gasteiger partial charge is 0.364 e. The van der Waals surface area contributed by atoms with Gasteiger partial charge in [0.25, 0.3) is 5.91 Å². The highest BCUT2D eigenvalue weighted by Gasteiger charge is 2.30. The molecule has 8 heteroatoms. The van der Waals surface area contributed by atoms with Gasteiger partial charge in [-0.2, -0.15) is 0 Å². The van der Waals surface area contributed by atoms with Gasteiger partial charge in [0.15, 0.2) is 9.84 Å². The number of hydrogen-bond acceptors (Lipinski definition) is 5. The molecule has 2 rings (SSSR count). The van der Waals surface area contributed by atoms with Crippen molar-refractivity contribution < 1.29 is 17.9 Å². The number of amides is 1. The van der Waals surface area contributed by atoms with E-state index >= 15 is 0 Å². The van der Waals surface area contributed by atoms with Crippen LogP contribution < -0.4 is 11.1 Å². The zero-order valence-electron chi connectivity index (χ0n) is 14.8. The van der Waals surface area contributed by atoms with Crippen molar-refractivity contribution in [2.24, 2.45) is 5.73 Å². The van der Waals surface area contributed by atoms with Crippen LogP contribution in [-0.4, -0.2) is 37.8 Å². The molecule has 0 radical (unpaired) electrons. The van der Waals surface area contributed by atoms with Crippen molar-refractivity contribution in [3.8, 4) is 0 Å². The fourth-order valence-corrected chi connectivity index (χ4v) is 3.48. The standard InChI is InChI=1S/C17H26N2O4S.ClH/c1-17(2,3)24(21,22)11-12-4-6-13(7-5-12)19-16(20)15-9-8-14(10-18)23-15;/h4-7,14-15H,8-11,18H2,1-3H3,(H,19,20);1H/t14-,15+;/m1./s1. The summed E-state index contributed by atoms with van der Waals surface area (Å²) in [4.78, 5) is 12.1. The summed E-state index contributed by atoms with van der Waals surface area (Å²) in [6.45, 7) is 5.48. The molecule has 0 unspecified atom stereocenters. The lowest BCUT2D eigenvalue weighted by molar-refractivity contribution is -0.126. The lowest BCUT2D eigenvalue weighted by atomic mass is 10.2. The molecular weight excluding hydrogens is 364 g/mol. The highest BCUT2D eigenvalue weighted by atomic mass is 35.5. The van der Waals surface area contributed by atoms with Gasteiger partial charge >= 0.3 is 0 Å². The second-order valence-corrected chi connectivity index (χ2v) is 9.86. The maximum absolute atomic E-state index is 12.2. The van der Waals surface area contributed by atoms with Crippen LogP contribution in [0.4, 0.5) is 5.69 Å². The van der Waals surface area contributed by atoms with Gasteiger partial charge in [-0.15, -0.1) is 12.4 Å². The first-order chi connectivity index (χ1) is 11.1. The molecule has 0 saturated carbocycles. The number of nitrogens with one attached hydrogen (secondary N) is 1. The molecule has 25 heavy (non-hydrogen) atoms. The Bertz CT molecular complexity index is 684. The van der Waals surface area contributed by atoms with Crippen LogP contribution in [-0.2, 0) is 25.1 Å². The van der Waals surface area contributed by atoms with Crippen molar-refractivity contribution in [1.29, 1.82) is 0 Å². The molecule has 1 saturated heterocycles. The van der Waals surface area contributed by atoms with Crippen LogP contribution in [0, 0.1) is 0 Å². The number of halogens is 1. The van der Waals surface area contributed by atoms with E-state index in [2.05, 4.69) is 5.32 Å². The Labute approximate surface area is 155 Å². The van der Waals surface area contributed by atoms with E-state index in [1.54, 1.807) is 45.0 Å². The van der Waals surface area contributed by atoms with Gasteiger partial charge in [0.05, 0.1) is 16.6 Å². The number of hydrogen-bond donors (Lipinski definition) is 2. The Morgan fingerprint density at radius 3 is 2.32 bits per heavy atom. The number of carbonyl (C=O) groups excluding carboxylic acids is 1. The molecule has 142 valence electrons. The molecule has 0 aliphatic carbocycles. The molecule has 0 spiro atoms. The van der Waals surface area contributed by atoms with Crippen LogP contribution >= 0.6 is 12.4 Å². The summed E-state index contributed by atoms with van der Waals surface area (Å²) in [7, 11) is -3.23. The van der Waals surface area contributed by atoms with Gasteiger partial charge in [0.2, 0.25) is 0 Å². The molecule has 0 bridgehead atoms. The number of carbonyl (C=O) groups is 1. The first-order valence-electron chi connectivity index (χ1n) is 8.10. The number of nitrogens with two attached hydrogens (primary N) is 1. The first kappa shape index (κ1) is 21.9. The Hall–Kier alpha value is -1.15. The quantitative estimate of drug-likeness (QED) is 0.803. The molecule has 0 aromatic heterocycles. The van der Waals surface area contributed by atoms with Crippen molar-refractivity contribution in [3.05, 3.63) is 29.8 Å². The van der Waals surface area contributed by atoms with Gasteiger partial charge in [-0.3, -0.25) is 4.79 Å². The third kappa shape index (κ3) is 5.67. The van der Waals surface area contributed by atoms with E-state index in [0.29, 0.717) is 24.2 Å². The van der Waals surface area contributed by atoms with Crippen LogP contribution in [0.1, 0.15) is 39.2 Å². The van der Waals surface area contributed by atoms with Gasteiger partial charge in [0.1, 0.15) is 6.10 Å². The maximum atomic E-state index is 12.2. The second-order valence-electron chi connectivity index (χ2n) is 7.12. The molecule has 1 fully saturated rings. The van der Waals surface area contributed by atoms with Gasteiger partial charge in [-0.05, 0) is 51.3 Å². The molecule has 1 aliphatic heterocycles. The number of ether oxygens (including phenoxy) is 1. The highest BCUT2D eigenvalue weighted by molar-refractivity contribution is 7.91. The third-order valence-electron chi connectivity index (χ3n) is 4.17. The van der Waals surface area contributed by atoms with Crippen molar-refractivity contribution in [3.63, 3.8) is 0 Å². The summed E-state index contributed by atoms with van der Waals surface area (Å²) < 4.78 is 29.2. The van der Waals surface area contributed by atoms with Gasteiger partial charge in [-0.1, -0.05) is 12.1 Å². The lowest BCUT2D eigenvalue weighted by Crippen LogP contribution is -2.30. The van der Waals surface area contributed by atoms with Crippen molar-refractivity contribution >= 4 is 33.8 Å². The Morgan fingerprint density at radius 1 is 1.24 bits per heavy atom. The van der Waals surface area contributed by atoms with Crippen molar-refractivity contribution in [2.75, 3.05) is 11.9 Å². The number of sulfone groups is 1. The van der Waals surface area contributed by atoms with E-state index in [9.17, 15) is 13.2 Å². The van der Waals surface area contributed by atoms with Crippen molar-refractivity contribution in [1.82, 2.24) is 0 Å². The van der Waals surface area contributed by atoms with E-state index < -0.39 is 20.7 Å². The van der Waals surface area contributed by atoms with E-state index in [-0.39, 0.29) is 30.2 Å². The molecule has 3 N–H and O–H groups in total. The second kappa shape index (κ2) is 8.49. The zero-order chi connectivity index (χ0) is 18.0. The molecule has 1 aromatic carbocycles. The topological polar surface area (TPSA) is 98.5 Å². The minimum atomic E-state index is -3.23. The lowest BCUT2D eigenvalue weighted by Gasteiger charge is -2.19. The number of benzene rings is 1. The van der Waals surface area contributed by atoms with E-state index in [1.165, 1.54) is 0 Å². The molecule has 1 aromatic rings. The average Bonchev–Trinajstić information content (AvgIpc) is 2.97. The van der Waals surface area contributed by atoms with Crippen LogP contribution in [0.2, 0.25) is 0 Å². The molecule has 2 atom stereocenters. The normalized spacial score (nSPS) is 20.8. The Balaban J connectivity index is 0.00000312. The van der Waals surface area contributed by atoms with Gasteiger partial charge < -0.3 is 15.8 Å².